The van der Waals surface area contributed by atoms with Crippen molar-refractivity contribution in [2.24, 2.45) is 0 Å². The Morgan fingerprint density at radius 2 is 2.00 bits per heavy atom. The molecule has 0 radical (unpaired) electrons. The predicted molar refractivity (Wildman–Crippen MR) is 116 cm³/mol. The molecule has 10 heteroatoms. The summed E-state index contributed by atoms with van der Waals surface area (Å²) in [6.07, 6.45) is 2.00. The minimum absolute atomic E-state index is 0.0560. The Hall–Kier alpha value is -3.37. The van der Waals surface area contributed by atoms with Gasteiger partial charge in [0.15, 0.2) is 5.01 Å². The highest BCUT2D eigenvalue weighted by atomic mass is 32.1. The van der Waals surface area contributed by atoms with Crippen molar-refractivity contribution in [3.05, 3.63) is 69.9 Å². The molecule has 3 aromatic rings. The molecule has 0 unspecified atom stereocenters. The molecule has 2 N–H and O–H groups in total. The first-order valence-electron chi connectivity index (χ1n) is 10.1. The van der Waals surface area contributed by atoms with Gasteiger partial charge >= 0.3 is 0 Å². The molecule has 166 valence electrons. The number of aromatic nitrogens is 2. The van der Waals surface area contributed by atoms with Crippen LogP contribution in [0.15, 0.2) is 48.5 Å². The summed E-state index contributed by atoms with van der Waals surface area (Å²) in [6.45, 7) is 1.30. The Bertz CT molecular complexity index is 1080. The van der Waals surface area contributed by atoms with E-state index in [1.54, 1.807) is 24.3 Å². The van der Waals surface area contributed by atoms with Crippen LogP contribution >= 0.6 is 11.3 Å². The monoisotopic (exact) mass is 456 g/mol. The second kappa shape index (κ2) is 10.3. The van der Waals surface area contributed by atoms with Crippen LogP contribution in [0.5, 0.6) is 5.75 Å². The Balaban J connectivity index is 1.31. The van der Waals surface area contributed by atoms with Gasteiger partial charge in [0, 0.05) is 24.4 Å². The van der Waals surface area contributed by atoms with Gasteiger partial charge < -0.3 is 20.1 Å². The second-order valence-electron chi connectivity index (χ2n) is 7.12. The van der Waals surface area contributed by atoms with Crippen molar-refractivity contribution < 1.29 is 23.5 Å². The molecule has 0 aliphatic carbocycles. The third-order valence-corrected chi connectivity index (χ3v) is 5.63. The van der Waals surface area contributed by atoms with E-state index in [2.05, 4.69) is 20.8 Å². The van der Waals surface area contributed by atoms with Crippen LogP contribution in [0.1, 0.15) is 38.0 Å². The molecule has 1 aromatic heterocycles. The third-order valence-electron chi connectivity index (χ3n) is 4.73. The smallest absolute Gasteiger partial charge is 0.286 e. The first-order valence-corrected chi connectivity index (χ1v) is 10.9. The number of hydrogen-bond acceptors (Lipinski definition) is 7. The maximum absolute atomic E-state index is 12.9. The van der Waals surface area contributed by atoms with Crippen LogP contribution in [0.4, 0.5) is 10.1 Å². The molecular formula is C22H21FN4O4S. The van der Waals surface area contributed by atoms with E-state index in [0.29, 0.717) is 28.6 Å². The SMILES string of the molecule is O=C(NC[C@@H]1CCCO1)c1cccc(NC(=O)c2nnc(COc3ccc(F)cc3)s2)c1. The van der Waals surface area contributed by atoms with Crippen molar-refractivity contribution in [1.29, 1.82) is 0 Å². The van der Waals surface area contributed by atoms with Crippen LogP contribution in [0, 0.1) is 5.82 Å². The first kappa shape index (κ1) is 21.8. The fourth-order valence-corrected chi connectivity index (χ4v) is 3.76. The zero-order chi connectivity index (χ0) is 22.3. The Labute approximate surface area is 187 Å². The van der Waals surface area contributed by atoms with Gasteiger partial charge in [0.25, 0.3) is 11.8 Å². The lowest BCUT2D eigenvalue weighted by atomic mass is 10.1. The molecule has 0 spiro atoms. The van der Waals surface area contributed by atoms with Crippen molar-refractivity contribution in [3.63, 3.8) is 0 Å². The lowest BCUT2D eigenvalue weighted by Crippen LogP contribution is -2.31. The molecule has 0 bridgehead atoms. The van der Waals surface area contributed by atoms with E-state index in [4.69, 9.17) is 9.47 Å². The summed E-state index contributed by atoms with van der Waals surface area (Å²) < 4.78 is 24.0. The van der Waals surface area contributed by atoms with Gasteiger partial charge in [-0.3, -0.25) is 9.59 Å². The number of benzene rings is 2. The summed E-state index contributed by atoms with van der Waals surface area (Å²) in [7, 11) is 0. The van der Waals surface area contributed by atoms with Gasteiger partial charge in [0.2, 0.25) is 5.01 Å². The molecule has 1 fully saturated rings. The molecule has 1 aliphatic rings. The summed E-state index contributed by atoms with van der Waals surface area (Å²) in [5.74, 6) is -0.529. The van der Waals surface area contributed by atoms with E-state index in [1.807, 2.05) is 0 Å². The maximum atomic E-state index is 12.9. The van der Waals surface area contributed by atoms with E-state index in [0.717, 1.165) is 30.8 Å². The minimum atomic E-state index is -0.438. The molecule has 1 aliphatic heterocycles. The van der Waals surface area contributed by atoms with Crippen LogP contribution in [0.3, 0.4) is 0 Å². The number of nitrogens with one attached hydrogen (secondary N) is 2. The number of rotatable bonds is 8. The van der Waals surface area contributed by atoms with Crippen molar-refractivity contribution in [3.8, 4) is 5.75 Å². The van der Waals surface area contributed by atoms with Gasteiger partial charge in [0.1, 0.15) is 18.2 Å². The summed E-state index contributed by atoms with van der Waals surface area (Å²) in [4.78, 5) is 24.9. The molecule has 8 nitrogen and oxygen atoms in total. The average Bonchev–Trinajstić information content (AvgIpc) is 3.49. The number of halogens is 1. The van der Waals surface area contributed by atoms with Gasteiger partial charge in [-0.05, 0) is 55.3 Å². The molecule has 2 heterocycles. The highest BCUT2D eigenvalue weighted by molar-refractivity contribution is 7.13. The Kier molecular flexibility index (Phi) is 7.03. The summed E-state index contributed by atoms with van der Waals surface area (Å²) >= 11 is 1.09. The minimum Gasteiger partial charge on any atom is -0.486 e. The summed E-state index contributed by atoms with van der Waals surface area (Å²) in [5, 5.41) is 14.1. The third kappa shape index (κ3) is 5.86. The molecule has 2 amide bonds. The van der Waals surface area contributed by atoms with E-state index >= 15 is 0 Å². The predicted octanol–water partition coefficient (Wildman–Crippen LogP) is 3.42. The summed E-state index contributed by atoms with van der Waals surface area (Å²) in [5.41, 5.74) is 0.908. The number of hydrogen-bond donors (Lipinski definition) is 2. The van der Waals surface area contributed by atoms with Crippen LogP contribution in [-0.4, -0.2) is 41.3 Å². The van der Waals surface area contributed by atoms with Gasteiger partial charge in [-0.15, -0.1) is 10.2 Å². The topological polar surface area (TPSA) is 102 Å². The number of ether oxygens (including phenoxy) is 2. The number of anilines is 1. The Morgan fingerprint density at radius 1 is 1.16 bits per heavy atom. The molecule has 2 aromatic carbocycles. The standard InChI is InChI=1S/C22H21FN4O4S/c23-15-6-8-17(9-7-15)31-13-19-26-27-22(32-19)21(29)25-16-4-1-3-14(11-16)20(28)24-12-18-5-2-10-30-18/h1,3-4,6-9,11,18H,2,5,10,12-13H2,(H,24,28)(H,25,29)/t18-/m0/s1. The zero-order valence-electron chi connectivity index (χ0n) is 17.0. The fraction of sp³-hybridized carbons (Fsp3) is 0.273. The van der Waals surface area contributed by atoms with E-state index < -0.39 is 5.91 Å². The molecular weight excluding hydrogens is 435 g/mol. The first-order chi connectivity index (χ1) is 15.6. The molecule has 1 atom stereocenters. The van der Waals surface area contributed by atoms with Gasteiger partial charge in [-0.2, -0.15) is 0 Å². The highest BCUT2D eigenvalue weighted by Gasteiger charge is 2.18. The normalized spacial score (nSPS) is 15.3. The summed E-state index contributed by atoms with van der Waals surface area (Å²) in [6, 6.07) is 12.3. The van der Waals surface area contributed by atoms with E-state index in [1.165, 1.54) is 24.3 Å². The van der Waals surface area contributed by atoms with E-state index in [-0.39, 0.29) is 29.4 Å². The largest absolute Gasteiger partial charge is 0.486 e. The van der Waals surface area contributed by atoms with Gasteiger partial charge in [-0.25, -0.2) is 4.39 Å². The molecule has 1 saturated heterocycles. The lowest BCUT2D eigenvalue weighted by Gasteiger charge is -2.11. The maximum Gasteiger partial charge on any atom is 0.286 e. The number of nitrogens with zero attached hydrogens (tertiary/aromatic N) is 2. The molecule has 0 saturated carbocycles. The van der Waals surface area contributed by atoms with Crippen molar-refractivity contribution in [1.82, 2.24) is 15.5 Å². The highest BCUT2D eigenvalue weighted by Crippen LogP contribution is 2.18. The van der Waals surface area contributed by atoms with Crippen molar-refractivity contribution in [2.45, 2.75) is 25.6 Å². The Morgan fingerprint density at radius 3 is 2.78 bits per heavy atom. The van der Waals surface area contributed by atoms with E-state index in [9.17, 15) is 14.0 Å². The number of carbonyl (C=O) groups is 2. The molecule has 32 heavy (non-hydrogen) atoms. The number of amides is 2. The van der Waals surface area contributed by atoms with Crippen LogP contribution in [0.25, 0.3) is 0 Å². The van der Waals surface area contributed by atoms with Crippen molar-refractivity contribution >= 4 is 28.8 Å². The quantitative estimate of drug-likeness (QED) is 0.539. The van der Waals surface area contributed by atoms with Gasteiger partial charge in [0.05, 0.1) is 6.10 Å². The number of carbonyl (C=O) groups excluding carboxylic acids is 2. The molecule has 4 rings (SSSR count). The zero-order valence-corrected chi connectivity index (χ0v) is 17.9. The van der Waals surface area contributed by atoms with Crippen LogP contribution in [-0.2, 0) is 11.3 Å². The average molecular weight is 456 g/mol. The van der Waals surface area contributed by atoms with Gasteiger partial charge in [-0.1, -0.05) is 17.4 Å². The lowest BCUT2D eigenvalue weighted by molar-refractivity contribution is 0.0857. The van der Waals surface area contributed by atoms with Crippen LogP contribution in [0.2, 0.25) is 0 Å². The van der Waals surface area contributed by atoms with Crippen molar-refractivity contribution in [2.75, 3.05) is 18.5 Å². The van der Waals surface area contributed by atoms with Crippen LogP contribution < -0.4 is 15.4 Å². The second-order valence-corrected chi connectivity index (χ2v) is 8.19. The fourth-order valence-electron chi connectivity index (χ4n) is 3.12.